The summed E-state index contributed by atoms with van der Waals surface area (Å²) in [5.41, 5.74) is 1.04. The summed E-state index contributed by atoms with van der Waals surface area (Å²) in [6.07, 6.45) is 1.39. The molecular weight excluding hydrogens is 281 g/mol. The third kappa shape index (κ3) is 2.88. The minimum Gasteiger partial charge on any atom is -0.386 e. The first-order valence-electron chi connectivity index (χ1n) is 5.86. The lowest BCUT2D eigenvalue weighted by atomic mass is 10.2. The highest BCUT2D eigenvalue weighted by atomic mass is 32.2. The molecule has 0 radical (unpaired) electrons. The molecule has 2 rings (SSSR count). The van der Waals surface area contributed by atoms with Crippen LogP contribution in [0.1, 0.15) is 5.56 Å². The van der Waals surface area contributed by atoms with E-state index in [0.29, 0.717) is 11.3 Å². The number of benzene rings is 1. The van der Waals surface area contributed by atoms with E-state index in [0.717, 1.165) is 0 Å². The van der Waals surface area contributed by atoms with E-state index in [4.69, 9.17) is 0 Å². The van der Waals surface area contributed by atoms with Gasteiger partial charge in [0, 0.05) is 18.9 Å². The van der Waals surface area contributed by atoms with Gasteiger partial charge in [-0.3, -0.25) is 4.72 Å². The molecule has 2 N–H and O–H groups in total. The highest BCUT2D eigenvalue weighted by Gasteiger charge is 2.19. The van der Waals surface area contributed by atoms with Crippen LogP contribution < -0.4 is 10.0 Å². The number of rotatable bonds is 4. The zero-order valence-corrected chi connectivity index (χ0v) is 11.8. The SMILES string of the molecule is CNc1cccnc1S(=O)(=O)Nc1ccc(F)c(C)c1. The number of pyridine rings is 1. The van der Waals surface area contributed by atoms with Gasteiger partial charge in [0.15, 0.2) is 5.03 Å². The van der Waals surface area contributed by atoms with Gasteiger partial charge in [-0.1, -0.05) is 0 Å². The van der Waals surface area contributed by atoms with Gasteiger partial charge >= 0.3 is 0 Å². The second kappa shape index (κ2) is 5.46. The minimum absolute atomic E-state index is 0.107. The number of aryl methyl sites for hydroxylation is 1. The average Bonchev–Trinajstić information content (AvgIpc) is 2.42. The first kappa shape index (κ1) is 14.3. The van der Waals surface area contributed by atoms with E-state index in [9.17, 15) is 12.8 Å². The fourth-order valence-electron chi connectivity index (χ4n) is 1.71. The Morgan fingerprint density at radius 2 is 2.00 bits per heavy atom. The van der Waals surface area contributed by atoms with Gasteiger partial charge in [0.1, 0.15) is 5.82 Å². The Hall–Kier alpha value is -2.15. The maximum Gasteiger partial charge on any atom is 0.281 e. The lowest BCUT2D eigenvalue weighted by Crippen LogP contribution is -2.16. The largest absolute Gasteiger partial charge is 0.386 e. The molecule has 0 aliphatic heterocycles. The highest BCUT2D eigenvalue weighted by Crippen LogP contribution is 2.22. The van der Waals surface area contributed by atoms with E-state index in [1.54, 1.807) is 26.1 Å². The summed E-state index contributed by atoms with van der Waals surface area (Å²) in [5.74, 6) is -0.387. The van der Waals surface area contributed by atoms with Crippen molar-refractivity contribution in [1.82, 2.24) is 4.98 Å². The molecule has 0 spiro atoms. The standard InChI is InChI=1S/C13H14FN3O2S/c1-9-8-10(5-6-11(9)14)17-20(18,19)13-12(15-2)4-3-7-16-13/h3-8,15,17H,1-2H3. The smallest absolute Gasteiger partial charge is 0.281 e. The summed E-state index contributed by atoms with van der Waals surface area (Å²) in [6, 6.07) is 7.24. The summed E-state index contributed by atoms with van der Waals surface area (Å²) >= 11 is 0. The van der Waals surface area contributed by atoms with Crippen LogP contribution >= 0.6 is 0 Å². The van der Waals surface area contributed by atoms with E-state index in [1.807, 2.05) is 0 Å². The summed E-state index contributed by atoms with van der Waals surface area (Å²) in [4.78, 5) is 3.87. The van der Waals surface area contributed by atoms with Crippen LogP contribution in [-0.2, 0) is 10.0 Å². The van der Waals surface area contributed by atoms with E-state index >= 15 is 0 Å². The molecule has 2 aromatic rings. The van der Waals surface area contributed by atoms with Crippen molar-refractivity contribution in [3.05, 3.63) is 47.9 Å². The Labute approximate surface area is 116 Å². The first-order valence-corrected chi connectivity index (χ1v) is 7.34. The Kier molecular flexibility index (Phi) is 3.89. The van der Waals surface area contributed by atoms with Gasteiger partial charge in [0.2, 0.25) is 0 Å². The lowest BCUT2D eigenvalue weighted by Gasteiger charge is -2.11. The van der Waals surface area contributed by atoms with Crippen molar-refractivity contribution < 1.29 is 12.8 Å². The maximum absolute atomic E-state index is 13.2. The number of sulfonamides is 1. The van der Waals surface area contributed by atoms with E-state index in [1.165, 1.54) is 24.4 Å². The summed E-state index contributed by atoms with van der Waals surface area (Å²) < 4.78 is 40.1. The zero-order valence-electron chi connectivity index (χ0n) is 11.0. The van der Waals surface area contributed by atoms with Crippen molar-refractivity contribution in [2.24, 2.45) is 0 Å². The van der Waals surface area contributed by atoms with Crippen molar-refractivity contribution in [2.75, 3.05) is 17.1 Å². The van der Waals surface area contributed by atoms with Gasteiger partial charge in [-0.25, -0.2) is 9.37 Å². The average molecular weight is 295 g/mol. The molecule has 0 saturated carbocycles. The Morgan fingerprint density at radius 1 is 1.25 bits per heavy atom. The molecule has 1 aromatic carbocycles. The van der Waals surface area contributed by atoms with Crippen molar-refractivity contribution in [3.8, 4) is 0 Å². The molecule has 106 valence electrons. The van der Waals surface area contributed by atoms with Crippen molar-refractivity contribution >= 4 is 21.4 Å². The summed E-state index contributed by atoms with van der Waals surface area (Å²) in [7, 11) is -2.22. The number of aromatic nitrogens is 1. The molecule has 0 aliphatic carbocycles. The summed E-state index contributed by atoms with van der Waals surface area (Å²) in [6.45, 7) is 1.56. The predicted octanol–water partition coefficient (Wildman–Crippen LogP) is 2.37. The zero-order chi connectivity index (χ0) is 14.8. The second-order valence-electron chi connectivity index (χ2n) is 4.18. The molecule has 0 amide bonds. The molecular formula is C13H14FN3O2S. The van der Waals surface area contributed by atoms with Gasteiger partial charge in [-0.05, 0) is 42.8 Å². The van der Waals surface area contributed by atoms with Crippen LogP contribution in [0.4, 0.5) is 15.8 Å². The summed E-state index contributed by atoms with van der Waals surface area (Å²) in [5, 5.41) is 2.66. The highest BCUT2D eigenvalue weighted by molar-refractivity contribution is 7.92. The Balaban J connectivity index is 2.38. The molecule has 0 atom stereocenters. The number of halogens is 1. The topological polar surface area (TPSA) is 71.1 Å². The molecule has 0 aliphatic rings. The van der Waals surface area contributed by atoms with E-state index < -0.39 is 10.0 Å². The molecule has 20 heavy (non-hydrogen) atoms. The second-order valence-corrected chi connectivity index (χ2v) is 5.77. The molecule has 7 heteroatoms. The minimum atomic E-state index is -3.83. The van der Waals surface area contributed by atoms with Crippen LogP contribution in [0.5, 0.6) is 0 Å². The van der Waals surface area contributed by atoms with Crippen molar-refractivity contribution in [3.63, 3.8) is 0 Å². The number of nitrogens with one attached hydrogen (secondary N) is 2. The monoisotopic (exact) mass is 295 g/mol. The fourth-order valence-corrected chi connectivity index (χ4v) is 2.90. The molecule has 0 fully saturated rings. The number of nitrogens with zero attached hydrogens (tertiary/aromatic N) is 1. The van der Waals surface area contributed by atoms with Crippen LogP contribution in [0.25, 0.3) is 0 Å². The number of anilines is 2. The van der Waals surface area contributed by atoms with Gasteiger partial charge < -0.3 is 5.32 Å². The van der Waals surface area contributed by atoms with Gasteiger partial charge in [-0.15, -0.1) is 0 Å². The van der Waals surface area contributed by atoms with Crippen molar-refractivity contribution in [2.45, 2.75) is 11.9 Å². The van der Waals surface area contributed by atoms with Crippen molar-refractivity contribution in [1.29, 1.82) is 0 Å². The normalized spacial score (nSPS) is 11.2. The molecule has 0 bridgehead atoms. The van der Waals surface area contributed by atoms with E-state index in [2.05, 4.69) is 15.0 Å². The van der Waals surface area contributed by atoms with E-state index in [-0.39, 0.29) is 16.5 Å². The quantitative estimate of drug-likeness (QED) is 0.908. The van der Waals surface area contributed by atoms with Crippen LogP contribution in [0.3, 0.4) is 0 Å². The maximum atomic E-state index is 13.2. The molecule has 5 nitrogen and oxygen atoms in total. The number of hydrogen-bond acceptors (Lipinski definition) is 4. The lowest BCUT2D eigenvalue weighted by molar-refractivity contribution is 0.597. The van der Waals surface area contributed by atoms with Gasteiger partial charge in [-0.2, -0.15) is 8.42 Å². The fraction of sp³-hybridized carbons (Fsp3) is 0.154. The van der Waals surface area contributed by atoms with Gasteiger partial charge in [0.05, 0.1) is 5.69 Å². The Bertz CT molecular complexity index is 732. The van der Waals surface area contributed by atoms with Gasteiger partial charge in [0.25, 0.3) is 10.0 Å². The molecule has 1 heterocycles. The van der Waals surface area contributed by atoms with Crippen LogP contribution in [0, 0.1) is 12.7 Å². The third-order valence-electron chi connectivity index (χ3n) is 2.71. The first-order chi connectivity index (χ1) is 9.44. The third-order valence-corrected chi connectivity index (χ3v) is 4.04. The van der Waals surface area contributed by atoms with Crippen LogP contribution in [-0.4, -0.2) is 20.4 Å². The van der Waals surface area contributed by atoms with Crippen LogP contribution in [0.15, 0.2) is 41.6 Å². The van der Waals surface area contributed by atoms with Crippen LogP contribution in [0.2, 0.25) is 0 Å². The predicted molar refractivity (Wildman–Crippen MR) is 75.7 cm³/mol. The molecule has 0 saturated heterocycles. The Morgan fingerprint density at radius 3 is 2.65 bits per heavy atom. The molecule has 0 unspecified atom stereocenters. The molecule has 1 aromatic heterocycles. The number of hydrogen-bond donors (Lipinski definition) is 2.